The van der Waals surface area contributed by atoms with Crippen molar-refractivity contribution in [2.24, 2.45) is 0 Å². The molecular formula is C20H26ClF3N2O4. The SMILES string of the molecule is CCN(C)C1COC2(CCN(C(=O)c3cccc(Cl)c3)CC2)C1.O=C(O)C(F)(F)F. The third-order valence-electron chi connectivity index (χ3n) is 5.59. The highest BCUT2D eigenvalue weighted by Gasteiger charge is 2.44. The summed E-state index contributed by atoms with van der Waals surface area (Å²) in [7, 11) is 2.16. The average molecular weight is 451 g/mol. The molecule has 1 N–H and O–H groups in total. The van der Waals surface area contributed by atoms with E-state index in [-0.39, 0.29) is 11.5 Å². The predicted molar refractivity (Wildman–Crippen MR) is 106 cm³/mol. The van der Waals surface area contributed by atoms with Gasteiger partial charge in [0.05, 0.1) is 12.2 Å². The van der Waals surface area contributed by atoms with Crippen molar-refractivity contribution in [3.8, 4) is 0 Å². The van der Waals surface area contributed by atoms with E-state index >= 15 is 0 Å². The molecule has 0 bridgehead atoms. The Hall–Kier alpha value is -1.84. The number of piperidine rings is 1. The van der Waals surface area contributed by atoms with Gasteiger partial charge in [-0.2, -0.15) is 13.2 Å². The zero-order chi connectivity index (χ0) is 22.5. The summed E-state index contributed by atoms with van der Waals surface area (Å²) in [6.45, 7) is 5.55. The van der Waals surface area contributed by atoms with E-state index in [2.05, 4.69) is 18.9 Å². The van der Waals surface area contributed by atoms with Gasteiger partial charge in [-0.05, 0) is 51.1 Å². The number of likely N-dealkylation sites (N-methyl/N-ethyl adjacent to an activating group) is 1. The van der Waals surface area contributed by atoms with Crippen LogP contribution in [0.5, 0.6) is 0 Å². The van der Waals surface area contributed by atoms with Gasteiger partial charge in [0.2, 0.25) is 0 Å². The predicted octanol–water partition coefficient (Wildman–Crippen LogP) is 3.69. The number of hydrogen-bond acceptors (Lipinski definition) is 4. The number of rotatable bonds is 3. The van der Waals surface area contributed by atoms with Crippen LogP contribution in [0.2, 0.25) is 5.02 Å². The van der Waals surface area contributed by atoms with Gasteiger partial charge in [-0.1, -0.05) is 24.6 Å². The topological polar surface area (TPSA) is 70.1 Å². The molecule has 168 valence electrons. The van der Waals surface area contributed by atoms with Crippen LogP contribution >= 0.6 is 11.6 Å². The number of carbonyl (C=O) groups excluding carboxylic acids is 1. The van der Waals surface area contributed by atoms with Crippen molar-refractivity contribution in [3.05, 3.63) is 34.9 Å². The maximum Gasteiger partial charge on any atom is 0.490 e. The quantitative estimate of drug-likeness (QED) is 0.760. The lowest BCUT2D eigenvalue weighted by molar-refractivity contribution is -0.192. The molecule has 1 spiro atoms. The first kappa shape index (κ1) is 24.4. The van der Waals surface area contributed by atoms with Crippen LogP contribution in [0.4, 0.5) is 13.2 Å². The summed E-state index contributed by atoms with van der Waals surface area (Å²) in [5.74, 6) is -2.69. The Morgan fingerprint density at radius 1 is 1.33 bits per heavy atom. The summed E-state index contributed by atoms with van der Waals surface area (Å²) in [4.78, 5) is 25.8. The highest BCUT2D eigenvalue weighted by atomic mass is 35.5. The summed E-state index contributed by atoms with van der Waals surface area (Å²) in [5, 5.41) is 7.73. The van der Waals surface area contributed by atoms with Gasteiger partial charge in [-0.25, -0.2) is 4.79 Å². The smallest absolute Gasteiger partial charge is 0.475 e. The van der Waals surface area contributed by atoms with Crippen molar-refractivity contribution < 1.29 is 32.6 Å². The highest BCUT2D eigenvalue weighted by Crippen LogP contribution is 2.37. The molecule has 2 aliphatic heterocycles. The van der Waals surface area contributed by atoms with Crippen LogP contribution in [0.3, 0.4) is 0 Å². The number of amides is 1. The summed E-state index contributed by atoms with van der Waals surface area (Å²) in [6, 6.07) is 7.70. The minimum absolute atomic E-state index is 0.0286. The maximum atomic E-state index is 12.6. The van der Waals surface area contributed by atoms with Gasteiger partial charge in [0.25, 0.3) is 5.91 Å². The lowest BCUT2D eigenvalue weighted by Crippen LogP contribution is -2.47. The molecule has 1 atom stereocenters. The maximum absolute atomic E-state index is 12.6. The lowest BCUT2D eigenvalue weighted by Gasteiger charge is -2.39. The number of carboxylic acid groups (broad SMARTS) is 1. The van der Waals surface area contributed by atoms with E-state index in [9.17, 15) is 18.0 Å². The summed E-state index contributed by atoms with van der Waals surface area (Å²) < 4.78 is 37.9. The van der Waals surface area contributed by atoms with Gasteiger partial charge in [-0.3, -0.25) is 4.79 Å². The van der Waals surface area contributed by atoms with Gasteiger partial charge in [0.1, 0.15) is 0 Å². The molecule has 0 saturated carbocycles. The van der Waals surface area contributed by atoms with Crippen molar-refractivity contribution >= 4 is 23.5 Å². The van der Waals surface area contributed by atoms with Crippen molar-refractivity contribution in [1.29, 1.82) is 0 Å². The third kappa shape index (κ3) is 6.33. The minimum atomic E-state index is -5.08. The molecule has 10 heteroatoms. The van der Waals surface area contributed by atoms with E-state index in [1.54, 1.807) is 12.1 Å². The van der Waals surface area contributed by atoms with Crippen LogP contribution in [0.25, 0.3) is 0 Å². The Morgan fingerprint density at radius 3 is 2.43 bits per heavy atom. The molecule has 1 amide bonds. The molecule has 1 unspecified atom stereocenters. The molecule has 2 fully saturated rings. The second-order valence-electron chi connectivity index (χ2n) is 7.53. The normalized spacial score (nSPS) is 20.8. The number of alkyl halides is 3. The Labute approximate surface area is 178 Å². The highest BCUT2D eigenvalue weighted by molar-refractivity contribution is 6.30. The fourth-order valence-corrected chi connectivity index (χ4v) is 3.82. The molecular weight excluding hydrogens is 425 g/mol. The lowest BCUT2D eigenvalue weighted by atomic mass is 9.87. The van der Waals surface area contributed by atoms with Gasteiger partial charge < -0.3 is 19.6 Å². The van der Waals surface area contributed by atoms with Gasteiger partial charge in [0, 0.05) is 29.7 Å². The number of ether oxygens (including phenoxy) is 1. The van der Waals surface area contributed by atoms with E-state index < -0.39 is 12.1 Å². The van der Waals surface area contributed by atoms with E-state index in [1.165, 1.54) is 0 Å². The van der Waals surface area contributed by atoms with Gasteiger partial charge in [0.15, 0.2) is 0 Å². The molecule has 2 saturated heterocycles. The van der Waals surface area contributed by atoms with Crippen LogP contribution < -0.4 is 0 Å². The summed E-state index contributed by atoms with van der Waals surface area (Å²) >= 11 is 5.99. The number of hydrogen-bond donors (Lipinski definition) is 1. The number of carboxylic acids is 1. The van der Waals surface area contributed by atoms with E-state index in [4.69, 9.17) is 26.2 Å². The van der Waals surface area contributed by atoms with Crippen LogP contribution in [-0.4, -0.2) is 77.9 Å². The van der Waals surface area contributed by atoms with E-state index in [0.29, 0.717) is 16.6 Å². The van der Waals surface area contributed by atoms with E-state index in [1.807, 2.05) is 17.0 Å². The third-order valence-corrected chi connectivity index (χ3v) is 5.82. The number of likely N-dealkylation sites (tertiary alicyclic amines) is 1. The number of nitrogens with zero attached hydrogens (tertiary/aromatic N) is 2. The zero-order valence-electron chi connectivity index (χ0n) is 16.9. The average Bonchev–Trinajstić information content (AvgIpc) is 3.11. The number of aliphatic carboxylic acids is 1. The number of benzene rings is 1. The van der Waals surface area contributed by atoms with Gasteiger partial charge >= 0.3 is 12.1 Å². The molecule has 3 rings (SSSR count). The van der Waals surface area contributed by atoms with Crippen molar-refractivity contribution in [3.63, 3.8) is 0 Å². The Kier molecular flexibility index (Phi) is 8.13. The van der Waals surface area contributed by atoms with Crippen LogP contribution in [0.15, 0.2) is 24.3 Å². The van der Waals surface area contributed by atoms with Crippen LogP contribution in [0.1, 0.15) is 36.5 Å². The van der Waals surface area contributed by atoms with Gasteiger partial charge in [-0.15, -0.1) is 0 Å². The molecule has 30 heavy (non-hydrogen) atoms. The molecule has 0 aromatic heterocycles. The van der Waals surface area contributed by atoms with Crippen LogP contribution in [0, 0.1) is 0 Å². The molecule has 0 radical (unpaired) electrons. The standard InChI is InChI=1S/C18H25ClN2O2.C2HF3O2/c1-3-20(2)16-12-18(23-13-16)7-9-21(10-8-18)17(22)14-5-4-6-15(19)11-14;3-2(4,5)1(6)7/h4-6,11,16H,3,7-10,12-13H2,1-2H3;(H,6,7). The molecule has 1 aromatic rings. The van der Waals surface area contributed by atoms with Crippen molar-refractivity contribution in [2.45, 2.75) is 44.0 Å². The fourth-order valence-electron chi connectivity index (χ4n) is 3.63. The molecule has 0 aliphatic carbocycles. The fraction of sp³-hybridized carbons (Fsp3) is 0.600. The Bertz CT molecular complexity index is 752. The number of carbonyl (C=O) groups is 2. The van der Waals surface area contributed by atoms with Crippen molar-refractivity contribution in [2.75, 3.05) is 33.3 Å². The van der Waals surface area contributed by atoms with Crippen molar-refractivity contribution in [1.82, 2.24) is 9.80 Å². The molecule has 2 aliphatic rings. The first-order valence-corrected chi connectivity index (χ1v) is 10.0. The zero-order valence-corrected chi connectivity index (χ0v) is 17.7. The monoisotopic (exact) mass is 450 g/mol. The first-order chi connectivity index (χ1) is 14.0. The number of halogens is 4. The second-order valence-corrected chi connectivity index (χ2v) is 7.97. The largest absolute Gasteiger partial charge is 0.490 e. The molecule has 2 heterocycles. The second kappa shape index (κ2) is 9.98. The Morgan fingerprint density at radius 2 is 1.93 bits per heavy atom. The summed E-state index contributed by atoms with van der Waals surface area (Å²) in [6.07, 6.45) is -2.16. The summed E-state index contributed by atoms with van der Waals surface area (Å²) in [5.41, 5.74) is 0.642. The molecule has 6 nitrogen and oxygen atoms in total. The first-order valence-electron chi connectivity index (χ1n) is 9.66. The van der Waals surface area contributed by atoms with Crippen LogP contribution in [-0.2, 0) is 9.53 Å². The molecule has 1 aromatic carbocycles. The van der Waals surface area contributed by atoms with E-state index in [0.717, 1.165) is 45.5 Å². The Balaban J connectivity index is 0.000000396. The minimum Gasteiger partial charge on any atom is -0.475 e.